The average Bonchev–Trinajstić information content (AvgIpc) is 2.35. The first kappa shape index (κ1) is 11.9. The van der Waals surface area contributed by atoms with Crippen molar-refractivity contribution in [2.45, 2.75) is 41.0 Å². The van der Waals surface area contributed by atoms with Crippen LogP contribution in [0, 0.1) is 22.2 Å². The maximum atomic E-state index is 9.56. The van der Waals surface area contributed by atoms with Crippen LogP contribution in [0.5, 0.6) is 0 Å². The Labute approximate surface area is 99.3 Å². The topological polar surface area (TPSA) is 20.2 Å². The first-order valence-corrected chi connectivity index (χ1v) is 6.27. The quantitative estimate of drug-likeness (QED) is 0.670. The minimum atomic E-state index is 0.113. The van der Waals surface area contributed by atoms with Gasteiger partial charge in [-0.15, -0.1) is 0 Å². The van der Waals surface area contributed by atoms with E-state index in [-0.39, 0.29) is 28.8 Å². The maximum Gasteiger partial charge on any atom is 0.0499 e. The highest BCUT2D eigenvalue weighted by Crippen LogP contribution is 2.63. The Balaban J connectivity index is 2.56. The smallest absolute Gasteiger partial charge is 0.0499 e. The van der Waals surface area contributed by atoms with Gasteiger partial charge in [-0.1, -0.05) is 58.4 Å². The van der Waals surface area contributed by atoms with Gasteiger partial charge in [-0.3, -0.25) is 0 Å². The van der Waals surface area contributed by atoms with Crippen molar-refractivity contribution in [2.75, 3.05) is 6.61 Å². The second-order valence-electron chi connectivity index (χ2n) is 6.78. The SMILES string of the molecule is CC1(C)CC=C[C@]2(C)C1=C[C@@H](CO)C2(C)C. The summed E-state index contributed by atoms with van der Waals surface area (Å²) < 4.78 is 0. The van der Waals surface area contributed by atoms with Crippen LogP contribution in [0.15, 0.2) is 23.8 Å². The van der Waals surface area contributed by atoms with E-state index in [1.54, 1.807) is 0 Å². The van der Waals surface area contributed by atoms with E-state index in [2.05, 4.69) is 52.8 Å². The van der Waals surface area contributed by atoms with E-state index < -0.39 is 0 Å². The van der Waals surface area contributed by atoms with E-state index in [1.807, 2.05) is 0 Å². The van der Waals surface area contributed by atoms with Gasteiger partial charge in [0.2, 0.25) is 0 Å². The molecule has 0 aromatic heterocycles. The summed E-state index contributed by atoms with van der Waals surface area (Å²) in [6.07, 6.45) is 8.13. The molecule has 0 amide bonds. The van der Waals surface area contributed by atoms with Gasteiger partial charge in [0, 0.05) is 17.9 Å². The van der Waals surface area contributed by atoms with Gasteiger partial charge >= 0.3 is 0 Å². The predicted octanol–water partition coefficient (Wildman–Crippen LogP) is 3.55. The predicted molar refractivity (Wildman–Crippen MR) is 68.1 cm³/mol. The van der Waals surface area contributed by atoms with Gasteiger partial charge in [-0.25, -0.2) is 0 Å². The van der Waals surface area contributed by atoms with Gasteiger partial charge < -0.3 is 5.11 Å². The Morgan fingerprint density at radius 2 is 1.88 bits per heavy atom. The van der Waals surface area contributed by atoms with E-state index in [0.717, 1.165) is 6.42 Å². The maximum absolute atomic E-state index is 9.56. The minimum absolute atomic E-state index is 0.113. The number of aliphatic hydroxyl groups excluding tert-OH is 1. The Hall–Kier alpha value is -0.560. The first-order chi connectivity index (χ1) is 7.25. The van der Waals surface area contributed by atoms with Crippen LogP contribution < -0.4 is 0 Å². The largest absolute Gasteiger partial charge is 0.396 e. The molecule has 0 aromatic rings. The highest BCUT2D eigenvalue weighted by atomic mass is 16.3. The van der Waals surface area contributed by atoms with Crippen LogP contribution in [-0.2, 0) is 0 Å². The molecule has 0 fully saturated rings. The van der Waals surface area contributed by atoms with Crippen LogP contribution in [0.2, 0.25) is 0 Å². The minimum Gasteiger partial charge on any atom is -0.396 e. The standard InChI is InChI=1S/C15H24O/c1-13(2)7-6-8-15(5)12(13)9-11(10-16)14(15,3)4/h6,8-9,11,16H,7,10H2,1-5H3/t11-,15+/m0/s1. The van der Waals surface area contributed by atoms with Crippen LogP contribution in [0.25, 0.3) is 0 Å². The molecule has 0 heterocycles. The monoisotopic (exact) mass is 220 g/mol. The summed E-state index contributed by atoms with van der Waals surface area (Å²) in [6.45, 7) is 11.8. The zero-order valence-electron chi connectivity index (χ0n) is 11.2. The van der Waals surface area contributed by atoms with Crippen LogP contribution >= 0.6 is 0 Å². The highest BCUT2D eigenvalue weighted by molar-refractivity contribution is 5.40. The average molecular weight is 220 g/mol. The van der Waals surface area contributed by atoms with Crippen LogP contribution in [0.3, 0.4) is 0 Å². The third-order valence-electron chi connectivity index (χ3n) is 5.20. The lowest BCUT2D eigenvalue weighted by molar-refractivity contribution is 0.0859. The fourth-order valence-electron chi connectivity index (χ4n) is 3.53. The number of hydrogen-bond acceptors (Lipinski definition) is 1. The van der Waals surface area contributed by atoms with Gasteiger partial charge in [0.1, 0.15) is 0 Å². The number of allylic oxidation sites excluding steroid dienone is 3. The Morgan fingerprint density at radius 1 is 1.25 bits per heavy atom. The number of fused-ring (bicyclic) bond motifs is 1. The van der Waals surface area contributed by atoms with Crippen molar-refractivity contribution >= 4 is 0 Å². The van der Waals surface area contributed by atoms with E-state index in [1.165, 1.54) is 5.57 Å². The first-order valence-electron chi connectivity index (χ1n) is 6.27. The molecule has 0 aromatic carbocycles. The van der Waals surface area contributed by atoms with E-state index in [0.29, 0.717) is 0 Å². The molecule has 0 saturated carbocycles. The van der Waals surface area contributed by atoms with E-state index in [9.17, 15) is 5.11 Å². The van der Waals surface area contributed by atoms with Crippen molar-refractivity contribution in [2.24, 2.45) is 22.2 Å². The summed E-state index contributed by atoms with van der Waals surface area (Å²) in [7, 11) is 0. The summed E-state index contributed by atoms with van der Waals surface area (Å²) in [5, 5.41) is 9.56. The summed E-state index contributed by atoms with van der Waals surface area (Å²) in [4.78, 5) is 0. The molecule has 0 radical (unpaired) electrons. The Bertz CT molecular complexity index is 360. The van der Waals surface area contributed by atoms with Gasteiger partial charge in [0.25, 0.3) is 0 Å². The lowest BCUT2D eigenvalue weighted by atomic mass is 9.56. The van der Waals surface area contributed by atoms with Gasteiger partial charge in [-0.05, 0) is 17.3 Å². The third-order valence-corrected chi connectivity index (χ3v) is 5.20. The Morgan fingerprint density at radius 3 is 2.38 bits per heavy atom. The molecule has 0 bridgehead atoms. The van der Waals surface area contributed by atoms with Crippen molar-refractivity contribution in [1.29, 1.82) is 0 Å². The second kappa shape index (κ2) is 3.22. The highest BCUT2D eigenvalue weighted by Gasteiger charge is 2.55. The van der Waals surface area contributed by atoms with Crippen molar-refractivity contribution < 1.29 is 5.11 Å². The number of aliphatic hydroxyl groups is 1. The van der Waals surface area contributed by atoms with Crippen molar-refractivity contribution in [3.63, 3.8) is 0 Å². The van der Waals surface area contributed by atoms with Gasteiger partial charge in [0.15, 0.2) is 0 Å². The second-order valence-corrected chi connectivity index (χ2v) is 6.78. The van der Waals surface area contributed by atoms with Crippen LogP contribution in [0.4, 0.5) is 0 Å². The zero-order chi connectivity index (χ0) is 12.2. The molecule has 16 heavy (non-hydrogen) atoms. The fraction of sp³-hybridized carbons (Fsp3) is 0.733. The molecule has 0 unspecified atom stereocenters. The molecule has 1 N–H and O–H groups in total. The molecule has 0 saturated heterocycles. The molecule has 0 aliphatic heterocycles. The molecule has 2 atom stereocenters. The molecule has 90 valence electrons. The van der Waals surface area contributed by atoms with Crippen molar-refractivity contribution in [1.82, 2.24) is 0 Å². The van der Waals surface area contributed by atoms with E-state index >= 15 is 0 Å². The molecule has 0 spiro atoms. The summed E-state index contributed by atoms with van der Waals surface area (Å²) in [6, 6.07) is 0. The van der Waals surface area contributed by atoms with Crippen LogP contribution in [0.1, 0.15) is 41.0 Å². The van der Waals surface area contributed by atoms with Gasteiger partial charge in [0.05, 0.1) is 0 Å². The summed E-state index contributed by atoms with van der Waals surface area (Å²) >= 11 is 0. The lowest BCUT2D eigenvalue weighted by Gasteiger charge is -2.48. The Kier molecular flexibility index (Phi) is 2.40. The normalized spacial score (nSPS) is 39.4. The molecule has 2 aliphatic carbocycles. The third kappa shape index (κ3) is 1.27. The van der Waals surface area contributed by atoms with Crippen molar-refractivity contribution in [3.05, 3.63) is 23.8 Å². The van der Waals surface area contributed by atoms with Crippen LogP contribution in [-0.4, -0.2) is 11.7 Å². The lowest BCUT2D eigenvalue weighted by Crippen LogP contribution is -2.40. The fourth-order valence-corrected chi connectivity index (χ4v) is 3.53. The van der Waals surface area contributed by atoms with Gasteiger partial charge in [-0.2, -0.15) is 0 Å². The van der Waals surface area contributed by atoms with E-state index in [4.69, 9.17) is 0 Å². The molecule has 2 rings (SSSR count). The van der Waals surface area contributed by atoms with Crippen molar-refractivity contribution in [3.8, 4) is 0 Å². The molecule has 1 nitrogen and oxygen atoms in total. The number of rotatable bonds is 1. The summed E-state index contributed by atoms with van der Waals surface area (Å²) in [5.74, 6) is 0.287. The summed E-state index contributed by atoms with van der Waals surface area (Å²) in [5.41, 5.74) is 1.99. The molecule has 1 heteroatoms. The molecular weight excluding hydrogens is 196 g/mol. The molecular formula is C15H24O. The number of hydrogen-bond donors (Lipinski definition) is 1. The zero-order valence-corrected chi connectivity index (χ0v) is 11.2. The molecule has 2 aliphatic rings.